The zero-order valence-electron chi connectivity index (χ0n) is 5.15. The highest BCUT2D eigenvalue weighted by Crippen LogP contribution is 2.03. The van der Waals surface area contributed by atoms with Gasteiger partial charge in [0.05, 0.1) is 0 Å². The van der Waals surface area contributed by atoms with E-state index in [0.29, 0.717) is 19.4 Å². The summed E-state index contributed by atoms with van der Waals surface area (Å²) >= 11 is 0. The molecule has 0 aromatic heterocycles. The molecule has 0 amide bonds. The van der Waals surface area contributed by atoms with Gasteiger partial charge >= 0.3 is 0 Å². The molecular formula is C5H12ClF2N. The maximum Gasteiger partial charge on any atom is 0.238 e. The van der Waals surface area contributed by atoms with Crippen LogP contribution in [0.1, 0.15) is 19.3 Å². The fraction of sp³-hybridized carbons (Fsp3) is 1.00. The van der Waals surface area contributed by atoms with Gasteiger partial charge < -0.3 is 5.73 Å². The Kier molecular flexibility index (Phi) is 10.7. The summed E-state index contributed by atoms with van der Waals surface area (Å²) in [6, 6.07) is 0. The molecule has 4 heteroatoms. The van der Waals surface area contributed by atoms with E-state index in [0.717, 1.165) is 0 Å². The van der Waals surface area contributed by atoms with Gasteiger partial charge in [0.15, 0.2) is 0 Å². The Hall–Kier alpha value is 0.110. The lowest BCUT2D eigenvalue weighted by Crippen LogP contribution is -1.99. The Bertz CT molecular complexity index is 52.2. The Morgan fingerprint density at radius 2 is 1.78 bits per heavy atom. The molecule has 0 bridgehead atoms. The van der Waals surface area contributed by atoms with Crippen molar-refractivity contribution in [2.75, 3.05) is 6.54 Å². The fourth-order valence-corrected chi connectivity index (χ4v) is 0.443. The fourth-order valence-electron chi connectivity index (χ4n) is 0.443. The van der Waals surface area contributed by atoms with Crippen LogP contribution in [0.5, 0.6) is 0 Å². The number of hydrogen-bond donors (Lipinski definition) is 1. The summed E-state index contributed by atoms with van der Waals surface area (Å²) in [5.41, 5.74) is 5.07. The summed E-state index contributed by atoms with van der Waals surface area (Å²) in [5.74, 6) is 0. The first kappa shape index (κ1) is 11.9. The average molecular weight is 160 g/mol. The molecular weight excluding hydrogens is 148 g/mol. The number of unbranched alkanes of at least 4 members (excludes halogenated alkanes) is 1. The molecule has 0 radical (unpaired) electrons. The summed E-state index contributed by atoms with van der Waals surface area (Å²) in [6.07, 6.45) is -0.892. The quantitative estimate of drug-likeness (QED) is 0.622. The van der Waals surface area contributed by atoms with Gasteiger partial charge in [-0.25, -0.2) is 8.78 Å². The second kappa shape index (κ2) is 8.11. The first-order chi connectivity index (χ1) is 3.77. The first-order valence-corrected chi connectivity index (χ1v) is 2.75. The lowest BCUT2D eigenvalue weighted by Gasteiger charge is -1.94. The standard InChI is InChI=1S/C5H11F2N.ClH/c6-5(7)3-1-2-4-8;/h5H,1-4,8H2;1H. The summed E-state index contributed by atoms with van der Waals surface area (Å²) in [6.45, 7) is 0.521. The molecule has 0 saturated heterocycles. The minimum absolute atomic E-state index is 0. The lowest BCUT2D eigenvalue weighted by molar-refractivity contribution is 0.134. The van der Waals surface area contributed by atoms with Crippen LogP contribution in [0.3, 0.4) is 0 Å². The van der Waals surface area contributed by atoms with Crippen molar-refractivity contribution >= 4 is 12.4 Å². The van der Waals surface area contributed by atoms with Gasteiger partial charge in [0.2, 0.25) is 6.43 Å². The van der Waals surface area contributed by atoms with Crippen LogP contribution in [0.15, 0.2) is 0 Å². The van der Waals surface area contributed by atoms with Crippen LogP contribution in [0.2, 0.25) is 0 Å². The van der Waals surface area contributed by atoms with Crippen molar-refractivity contribution in [2.24, 2.45) is 5.73 Å². The highest BCUT2D eigenvalue weighted by molar-refractivity contribution is 5.85. The van der Waals surface area contributed by atoms with Crippen molar-refractivity contribution in [1.82, 2.24) is 0 Å². The third-order valence-corrected chi connectivity index (χ3v) is 0.876. The predicted octanol–water partition coefficient (Wildman–Crippen LogP) is 1.80. The molecule has 0 unspecified atom stereocenters. The van der Waals surface area contributed by atoms with Gasteiger partial charge in [-0.2, -0.15) is 0 Å². The van der Waals surface area contributed by atoms with Gasteiger partial charge in [0, 0.05) is 6.42 Å². The van der Waals surface area contributed by atoms with Crippen molar-refractivity contribution in [2.45, 2.75) is 25.7 Å². The molecule has 0 aliphatic rings. The Morgan fingerprint density at radius 3 is 2.11 bits per heavy atom. The molecule has 0 rings (SSSR count). The van der Waals surface area contributed by atoms with Gasteiger partial charge in [-0.05, 0) is 19.4 Å². The number of hydrogen-bond acceptors (Lipinski definition) is 1. The zero-order chi connectivity index (χ0) is 6.41. The van der Waals surface area contributed by atoms with Crippen LogP contribution in [0, 0.1) is 0 Å². The lowest BCUT2D eigenvalue weighted by atomic mass is 10.2. The van der Waals surface area contributed by atoms with Crippen molar-refractivity contribution in [1.29, 1.82) is 0 Å². The first-order valence-electron chi connectivity index (χ1n) is 2.75. The van der Waals surface area contributed by atoms with Crippen molar-refractivity contribution in [3.63, 3.8) is 0 Å². The van der Waals surface area contributed by atoms with Gasteiger partial charge in [0.1, 0.15) is 0 Å². The number of rotatable bonds is 4. The van der Waals surface area contributed by atoms with E-state index in [2.05, 4.69) is 0 Å². The minimum Gasteiger partial charge on any atom is -0.330 e. The minimum atomic E-state index is -2.15. The van der Waals surface area contributed by atoms with Crippen LogP contribution in [0.25, 0.3) is 0 Å². The van der Waals surface area contributed by atoms with Crippen LogP contribution in [0.4, 0.5) is 8.78 Å². The molecule has 0 saturated carbocycles. The van der Waals surface area contributed by atoms with Gasteiger partial charge in [-0.1, -0.05) is 0 Å². The highest BCUT2D eigenvalue weighted by Gasteiger charge is 1.98. The van der Waals surface area contributed by atoms with E-state index in [4.69, 9.17) is 5.73 Å². The highest BCUT2D eigenvalue weighted by atomic mass is 35.5. The van der Waals surface area contributed by atoms with E-state index in [1.54, 1.807) is 0 Å². The molecule has 1 nitrogen and oxygen atoms in total. The van der Waals surface area contributed by atoms with Crippen LogP contribution < -0.4 is 5.73 Å². The molecule has 0 aliphatic heterocycles. The second-order valence-corrected chi connectivity index (χ2v) is 1.68. The van der Waals surface area contributed by atoms with Crippen molar-refractivity contribution < 1.29 is 8.78 Å². The number of nitrogens with two attached hydrogens (primary N) is 1. The Labute approximate surface area is 60.0 Å². The Morgan fingerprint density at radius 1 is 1.22 bits per heavy atom. The smallest absolute Gasteiger partial charge is 0.238 e. The monoisotopic (exact) mass is 159 g/mol. The average Bonchev–Trinajstić information content (AvgIpc) is 1.66. The van der Waals surface area contributed by atoms with E-state index in [9.17, 15) is 8.78 Å². The SMILES string of the molecule is Cl.NCCCCC(F)F. The molecule has 0 atom stereocenters. The van der Waals surface area contributed by atoms with Crippen LogP contribution >= 0.6 is 12.4 Å². The molecule has 0 aliphatic carbocycles. The van der Waals surface area contributed by atoms with E-state index < -0.39 is 6.43 Å². The maximum atomic E-state index is 11.3. The van der Waals surface area contributed by atoms with Gasteiger partial charge in [-0.15, -0.1) is 12.4 Å². The third kappa shape index (κ3) is 11.6. The van der Waals surface area contributed by atoms with Gasteiger partial charge in [0.25, 0.3) is 0 Å². The van der Waals surface area contributed by atoms with Crippen molar-refractivity contribution in [3.8, 4) is 0 Å². The Balaban J connectivity index is 0. The van der Waals surface area contributed by atoms with Crippen LogP contribution in [-0.2, 0) is 0 Å². The molecule has 0 heterocycles. The van der Waals surface area contributed by atoms with E-state index in [-0.39, 0.29) is 18.8 Å². The second-order valence-electron chi connectivity index (χ2n) is 1.68. The summed E-state index contributed by atoms with van der Waals surface area (Å²) in [4.78, 5) is 0. The number of halogens is 3. The molecule has 9 heavy (non-hydrogen) atoms. The summed E-state index contributed by atoms with van der Waals surface area (Å²) in [5, 5.41) is 0. The van der Waals surface area contributed by atoms with E-state index in [1.807, 2.05) is 0 Å². The normalized spacial score (nSPS) is 9.33. The molecule has 0 spiro atoms. The molecule has 58 valence electrons. The predicted molar refractivity (Wildman–Crippen MR) is 36.2 cm³/mol. The van der Waals surface area contributed by atoms with Crippen LogP contribution in [-0.4, -0.2) is 13.0 Å². The molecule has 2 N–H and O–H groups in total. The number of alkyl halides is 2. The third-order valence-electron chi connectivity index (χ3n) is 0.876. The maximum absolute atomic E-state index is 11.3. The largest absolute Gasteiger partial charge is 0.330 e. The summed E-state index contributed by atoms with van der Waals surface area (Å²) in [7, 11) is 0. The summed E-state index contributed by atoms with van der Waals surface area (Å²) < 4.78 is 22.6. The molecule has 0 aromatic rings. The van der Waals surface area contributed by atoms with E-state index >= 15 is 0 Å². The topological polar surface area (TPSA) is 26.0 Å². The van der Waals surface area contributed by atoms with Gasteiger partial charge in [-0.3, -0.25) is 0 Å². The van der Waals surface area contributed by atoms with E-state index in [1.165, 1.54) is 0 Å². The van der Waals surface area contributed by atoms with Crippen molar-refractivity contribution in [3.05, 3.63) is 0 Å². The zero-order valence-corrected chi connectivity index (χ0v) is 5.96. The molecule has 0 aromatic carbocycles. The molecule has 0 fully saturated rings.